The van der Waals surface area contributed by atoms with Gasteiger partial charge in [0.15, 0.2) is 0 Å². The maximum absolute atomic E-state index is 11.7. The molecule has 0 radical (unpaired) electrons. The van der Waals surface area contributed by atoms with E-state index in [1.807, 2.05) is 27.7 Å². The largest absolute Gasteiger partial charge is 0.353 e. The Bertz CT molecular complexity index is 171. The van der Waals surface area contributed by atoms with E-state index >= 15 is 0 Å². The number of amides is 1. The summed E-state index contributed by atoms with van der Waals surface area (Å²) in [7, 11) is 0. The molecule has 0 aromatic heterocycles. The first-order chi connectivity index (χ1) is 5.75. The number of nitrogens with one attached hydrogen (secondary N) is 1. The van der Waals surface area contributed by atoms with Crippen molar-refractivity contribution in [1.29, 1.82) is 0 Å². The molecule has 0 aromatic rings. The fourth-order valence-corrected chi connectivity index (χ4v) is 1.57. The highest BCUT2D eigenvalue weighted by molar-refractivity contribution is 5.81. The molecule has 1 N–H and O–H groups in total. The van der Waals surface area contributed by atoms with Gasteiger partial charge in [-0.15, -0.1) is 0 Å². The van der Waals surface area contributed by atoms with Crippen LogP contribution in [0.2, 0.25) is 0 Å². The fourth-order valence-electron chi connectivity index (χ4n) is 1.57. The Morgan fingerprint density at radius 2 is 1.69 bits per heavy atom. The summed E-state index contributed by atoms with van der Waals surface area (Å²) in [6.07, 6.45) is 0.936. The maximum atomic E-state index is 11.7. The zero-order chi connectivity index (χ0) is 10.6. The second kappa shape index (κ2) is 4.64. The summed E-state index contributed by atoms with van der Waals surface area (Å²) in [5.74, 6) is 0.726. The highest BCUT2D eigenvalue weighted by Gasteiger charge is 2.28. The van der Waals surface area contributed by atoms with Crippen LogP contribution >= 0.6 is 0 Å². The Kier molecular flexibility index (Phi) is 4.45. The summed E-state index contributed by atoms with van der Waals surface area (Å²) in [5, 5.41) is 2.95. The van der Waals surface area contributed by atoms with Gasteiger partial charge in [0.25, 0.3) is 0 Å². The third kappa shape index (κ3) is 4.91. The lowest BCUT2D eigenvalue weighted by Gasteiger charge is -2.26. The van der Waals surface area contributed by atoms with Gasteiger partial charge in [-0.05, 0) is 26.2 Å². The van der Waals surface area contributed by atoms with Gasteiger partial charge in [0.05, 0.1) is 0 Å². The van der Waals surface area contributed by atoms with Crippen LogP contribution < -0.4 is 5.32 Å². The predicted molar refractivity (Wildman–Crippen MR) is 56.5 cm³/mol. The first-order valence-electron chi connectivity index (χ1n) is 5.06. The third-order valence-corrected chi connectivity index (χ3v) is 1.95. The van der Waals surface area contributed by atoms with Crippen molar-refractivity contribution in [1.82, 2.24) is 5.32 Å². The molecule has 0 fully saturated rings. The second-order valence-electron chi connectivity index (χ2n) is 5.11. The molecule has 0 aliphatic carbocycles. The monoisotopic (exact) mass is 185 g/mol. The molecular formula is C11H23NO. The number of carbonyl (C=O) groups excluding carboxylic acids is 1. The molecule has 0 unspecified atom stereocenters. The average molecular weight is 185 g/mol. The van der Waals surface area contributed by atoms with Crippen LogP contribution in [-0.4, -0.2) is 11.9 Å². The van der Waals surface area contributed by atoms with Crippen LogP contribution in [0.3, 0.4) is 0 Å². The number of hydrogen-bond donors (Lipinski definition) is 1. The van der Waals surface area contributed by atoms with Gasteiger partial charge in [-0.3, -0.25) is 4.79 Å². The summed E-state index contributed by atoms with van der Waals surface area (Å²) in [4.78, 5) is 11.7. The summed E-state index contributed by atoms with van der Waals surface area (Å²) in [6.45, 7) is 12.3. The van der Waals surface area contributed by atoms with Gasteiger partial charge in [0.2, 0.25) is 5.91 Å². The van der Waals surface area contributed by atoms with Gasteiger partial charge in [-0.25, -0.2) is 0 Å². The van der Waals surface area contributed by atoms with Crippen LogP contribution in [0.4, 0.5) is 0 Å². The first-order valence-corrected chi connectivity index (χ1v) is 5.06. The quantitative estimate of drug-likeness (QED) is 0.716. The zero-order valence-electron chi connectivity index (χ0n) is 9.77. The van der Waals surface area contributed by atoms with Gasteiger partial charge in [-0.1, -0.05) is 27.7 Å². The van der Waals surface area contributed by atoms with Crippen molar-refractivity contribution in [2.75, 3.05) is 0 Å². The lowest BCUT2D eigenvalue weighted by atomic mass is 9.83. The second-order valence-corrected chi connectivity index (χ2v) is 5.11. The van der Waals surface area contributed by atoms with Crippen molar-refractivity contribution < 1.29 is 4.79 Å². The summed E-state index contributed by atoms with van der Waals surface area (Å²) >= 11 is 0. The van der Waals surface area contributed by atoms with E-state index in [4.69, 9.17) is 0 Å². The molecule has 13 heavy (non-hydrogen) atoms. The topological polar surface area (TPSA) is 29.1 Å². The van der Waals surface area contributed by atoms with Crippen LogP contribution in [0.5, 0.6) is 0 Å². The number of hydrogen-bond acceptors (Lipinski definition) is 1. The fraction of sp³-hybridized carbons (Fsp3) is 0.909. The number of carbonyl (C=O) groups is 1. The Balaban J connectivity index is 4.19. The number of rotatable bonds is 4. The lowest BCUT2D eigenvalue weighted by molar-refractivity contribution is -0.130. The SMILES string of the molecule is CC(C)CC(C)(C)C(=O)NC(C)C. The molecule has 0 atom stereocenters. The van der Waals surface area contributed by atoms with Crippen LogP contribution in [0, 0.1) is 11.3 Å². The molecule has 0 aromatic carbocycles. The van der Waals surface area contributed by atoms with Crippen molar-refractivity contribution in [3.63, 3.8) is 0 Å². The summed E-state index contributed by atoms with van der Waals surface area (Å²) in [5.41, 5.74) is -0.238. The van der Waals surface area contributed by atoms with E-state index < -0.39 is 0 Å². The Hall–Kier alpha value is -0.530. The molecule has 2 nitrogen and oxygen atoms in total. The minimum absolute atomic E-state index is 0.163. The molecule has 0 aliphatic heterocycles. The third-order valence-electron chi connectivity index (χ3n) is 1.95. The van der Waals surface area contributed by atoms with Gasteiger partial charge < -0.3 is 5.32 Å². The lowest BCUT2D eigenvalue weighted by Crippen LogP contribution is -2.41. The smallest absolute Gasteiger partial charge is 0.225 e. The van der Waals surface area contributed by atoms with Crippen LogP contribution in [0.15, 0.2) is 0 Å². The van der Waals surface area contributed by atoms with Gasteiger partial charge in [-0.2, -0.15) is 0 Å². The minimum atomic E-state index is -0.238. The highest BCUT2D eigenvalue weighted by atomic mass is 16.2. The Labute approximate surface area is 82.1 Å². The van der Waals surface area contributed by atoms with Gasteiger partial charge >= 0.3 is 0 Å². The van der Waals surface area contributed by atoms with E-state index in [9.17, 15) is 4.79 Å². The van der Waals surface area contributed by atoms with Crippen LogP contribution in [0.25, 0.3) is 0 Å². The minimum Gasteiger partial charge on any atom is -0.353 e. The average Bonchev–Trinajstić information content (AvgIpc) is 1.81. The summed E-state index contributed by atoms with van der Waals surface area (Å²) < 4.78 is 0. The van der Waals surface area contributed by atoms with E-state index in [-0.39, 0.29) is 17.4 Å². The van der Waals surface area contributed by atoms with Crippen LogP contribution in [-0.2, 0) is 4.79 Å². The molecular weight excluding hydrogens is 162 g/mol. The van der Waals surface area contributed by atoms with Crippen LogP contribution in [0.1, 0.15) is 48.0 Å². The van der Waals surface area contributed by atoms with E-state index in [1.165, 1.54) is 0 Å². The van der Waals surface area contributed by atoms with Crippen molar-refractivity contribution in [2.24, 2.45) is 11.3 Å². The maximum Gasteiger partial charge on any atom is 0.225 e. The van der Waals surface area contributed by atoms with Gasteiger partial charge in [0.1, 0.15) is 0 Å². The van der Waals surface area contributed by atoms with Gasteiger partial charge in [0, 0.05) is 11.5 Å². The standard InChI is InChI=1S/C11H23NO/c1-8(2)7-11(5,6)10(13)12-9(3)4/h8-9H,7H2,1-6H3,(H,12,13). The molecule has 0 saturated heterocycles. The Morgan fingerprint density at radius 1 is 1.23 bits per heavy atom. The Morgan fingerprint density at radius 3 is 2.00 bits per heavy atom. The molecule has 0 rings (SSSR count). The van der Waals surface area contributed by atoms with Crippen molar-refractivity contribution in [2.45, 2.75) is 54.0 Å². The van der Waals surface area contributed by atoms with E-state index in [0.29, 0.717) is 5.92 Å². The normalized spacial score (nSPS) is 12.3. The zero-order valence-corrected chi connectivity index (χ0v) is 9.77. The van der Waals surface area contributed by atoms with Crippen molar-refractivity contribution >= 4 is 5.91 Å². The highest BCUT2D eigenvalue weighted by Crippen LogP contribution is 2.25. The molecule has 2 heteroatoms. The molecule has 0 spiro atoms. The van der Waals surface area contributed by atoms with E-state index in [2.05, 4.69) is 19.2 Å². The molecule has 78 valence electrons. The predicted octanol–water partition coefficient (Wildman–Crippen LogP) is 2.58. The first kappa shape index (κ1) is 12.5. The molecule has 1 amide bonds. The molecule has 0 saturated carbocycles. The van der Waals surface area contributed by atoms with Crippen molar-refractivity contribution in [3.8, 4) is 0 Å². The van der Waals surface area contributed by atoms with E-state index in [0.717, 1.165) is 6.42 Å². The van der Waals surface area contributed by atoms with E-state index in [1.54, 1.807) is 0 Å². The summed E-state index contributed by atoms with van der Waals surface area (Å²) in [6, 6.07) is 0.235. The van der Waals surface area contributed by atoms with Crippen molar-refractivity contribution in [3.05, 3.63) is 0 Å². The molecule has 0 bridgehead atoms. The molecule has 0 heterocycles. The molecule has 0 aliphatic rings.